The van der Waals surface area contributed by atoms with Crippen molar-refractivity contribution in [1.82, 2.24) is 0 Å². The second-order valence-electron chi connectivity index (χ2n) is 14.7. The van der Waals surface area contributed by atoms with E-state index in [1.54, 1.807) is 11.1 Å². The maximum atomic E-state index is 5.98. The van der Waals surface area contributed by atoms with Crippen molar-refractivity contribution in [3.63, 3.8) is 0 Å². The minimum atomic E-state index is -1.69. The van der Waals surface area contributed by atoms with Crippen LogP contribution in [0, 0.1) is 41.5 Å². The van der Waals surface area contributed by atoms with Crippen LogP contribution in [-0.2, 0) is 6.42 Å². The monoisotopic (exact) mass is 698 g/mol. The summed E-state index contributed by atoms with van der Waals surface area (Å²) in [6.07, 6.45) is 20.8. The van der Waals surface area contributed by atoms with Crippen molar-refractivity contribution in [3.8, 4) is 0 Å². The molecule has 3 aromatic rings. The van der Waals surface area contributed by atoms with E-state index in [9.17, 15) is 0 Å². The fourth-order valence-corrected chi connectivity index (χ4v) is 18.3. The Bertz CT molecular complexity index is 1610. The van der Waals surface area contributed by atoms with Gasteiger partial charge in [-0.15, -0.1) is 22.2 Å². The summed E-state index contributed by atoms with van der Waals surface area (Å²) in [6, 6.07) is 18.7. The van der Waals surface area contributed by atoms with E-state index in [4.69, 9.17) is 22.2 Å². The van der Waals surface area contributed by atoms with Gasteiger partial charge in [0.2, 0.25) is 0 Å². The van der Waals surface area contributed by atoms with Crippen LogP contribution in [0.4, 0.5) is 0 Å². The molecule has 0 saturated carbocycles. The second-order valence-corrected chi connectivity index (χ2v) is 27.2. The zero-order valence-corrected chi connectivity index (χ0v) is 33.7. The third-order valence-corrected chi connectivity index (χ3v) is 22.2. The van der Waals surface area contributed by atoms with Gasteiger partial charge in [-0.2, -0.15) is 0 Å². The highest BCUT2D eigenvalue weighted by molar-refractivity contribution is 7.45. The molecule has 2 atom stereocenters. The van der Waals surface area contributed by atoms with E-state index < -0.39 is 14.8 Å². The van der Waals surface area contributed by atoms with Gasteiger partial charge in [-0.05, 0) is 138 Å². The normalized spacial score (nSPS) is 20.8. The predicted molar refractivity (Wildman–Crippen MR) is 216 cm³/mol. The van der Waals surface area contributed by atoms with Crippen molar-refractivity contribution in [3.05, 3.63) is 121 Å². The van der Waals surface area contributed by atoms with E-state index in [2.05, 4.69) is 128 Å². The third kappa shape index (κ3) is 7.42. The molecule has 1 fully saturated rings. The minimum Gasteiger partial charge on any atom is -0.146 e. The Morgan fingerprint density at radius 2 is 1.09 bits per heavy atom. The van der Waals surface area contributed by atoms with Crippen LogP contribution in [0.25, 0.3) is 18.2 Å². The molecule has 47 heavy (non-hydrogen) atoms. The van der Waals surface area contributed by atoms with Crippen LogP contribution in [0.2, 0.25) is 24.2 Å². The van der Waals surface area contributed by atoms with E-state index in [1.165, 1.54) is 93.4 Å². The quantitative estimate of drug-likeness (QED) is 0.184. The molecule has 4 aliphatic rings. The lowest BCUT2D eigenvalue weighted by Gasteiger charge is -2.42. The van der Waals surface area contributed by atoms with Crippen LogP contribution >= 0.6 is 22.2 Å². The van der Waals surface area contributed by atoms with E-state index in [0.29, 0.717) is 11.1 Å². The summed E-state index contributed by atoms with van der Waals surface area (Å²) >= 11 is 12.0. The van der Waals surface area contributed by atoms with Gasteiger partial charge in [-0.25, -0.2) is 0 Å². The van der Waals surface area contributed by atoms with Crippen molar-refractivity contribution in [2.75, 3.05) is 0 Å². The SMILES string of the molecule is CCC[Si](CC)(C1C=Cc2c(C)ccc(C)c21)C1C=Cc2c(C)ccc(C)c21.Cc1ccc(C)c2c1C=CC2.Cl[Si]1(Cl)CCCCC1. The highest BCUT2D eigenvalue weighted by Crippen LogP contribution is 2.53. The number of aryl methyl sites for hydroxylation is 6. The summed E-state index contributed by atoms with van der Waals surface area (Å²) in [5.41, 5.74) is 19.2. The van der Waals surface area contributed by atoms with Crippen LogP contribution < -0.4 is 0 Å². The summed E-state index contributed by atoms with van der Waals surface area (Å²) in [5.74, 6) is 0. The van der Waals surface area contributed by atoms with Gasteiger partial charge in [0.05, 0.1) is 8.07 Å². The summed E-state index contributed by atoms with van der Waals surface area (Å²) in [7, 11) is -1.69. The highest BCUT2D eigenvalue weighted by atomic mass is 35.7. The molecule has 1 saturated heterocycles. The van der Waals surface area contributed by atoms with Gasteiger partial charge in [-0.1, -0.05) is 124 Å². The van der Waals surface area contributed by atoms with Crippen LogP contribution in [0.3, 0.4) is 0 Å². The topological polar surface area (TPSA) is 0 Å². The number of benzene rings is 3. The lowest BCUT2D eigenvalue weighted by Crippen LogP contribution is -2.46. The Morgan fingerprint density at radius 3 is 1.51 bits per heavy atom. The Balaban J connectivity index is 0.000000184. The lowest BCUT2D eigenvalue weighted by atomic mass is 9.99. The maximum absolute atomic E-state index is 5.98. The van der Waals surface area contributed by atoms with Crippen molar-refractivity contribution in [2.24, 2.45) is 0 Å². The molecule has 3 aromatic carbocycles. The molecule has 0 spiro atoms. The van der Waals surface area contributed by atoms with Crippen molar-refractivity contribution in [1.29, 1.82) is 0 Å². The first kappa shape index (κ1) is 36.2. The molecule has 1 aliphatic heterocycles. The van der Waals surface area contributed by atoms with E-state index in [1.807, 2.05) is 0 Å². The number of halogens is 2. The van der Waals surface area contributed by atoms with Crippen molar-refractivity contribution in [2.45, 2.75) is 123 Å². The Kier molecular flexibility index (Phi) is 11.7. The fourth-order valence-electron chi connectivity index (χ4n) is 8.86. The zero-order valence-electron chi connectivity index (χ0n) is 30.2. The molecule has 250 valence electrons. The number of hydrogen-bond acceptors (Lipinski definition) is 0. The smallest absolute Gasteiger partial charge is 0.146 e. The fraction of sp³-hybridized carbons (Fsp3) is 0.442. The predicted octanol–water partition coefficient (Wildman–Crippen LogP) is 13.8. The molecular formula is C43H56Cl2Si2. The number of hydrogen-bond donors (Lipinski definition) is 0. The molecule has 2 unspecified atom stereocenters. The van der Waals surface area contributed by atoms with E-state index in [0.717, 1.165) is 18.5 Å². The molecule has 3 aliphatic carbocycles. The van der Waals surface area contributed by atoms with Gasteiger partial charge in [-0.3, -0.25) is 0 Å². The summed E-state index contributed by atoms with van der Waals surface area (Å²) in [6.45, 7) is 16.8. The average Bonchev–Trinajstić information content (AvgIpc) is 3.83. The standard InChI is InChI=1S/C27H34Si.C11H12.C5H10Cl2Si/c1-7-17-28(8-2,24-15-13-22-18(3)9-11-20(5)26(22)24)25-16-14-23-19(4)10-12-21(6)27(23)25;1-8-6-7-9(2)11-5-3-4-10(8)11;6-8(7)4-2-1-3-5-8/h9-16,24-25H,7-8,17H2,1-6H3;3-4,6-7H,5H2,1-2H3;1-5H2. The molecule has 4 heteroatoms. The van der Waals surface area contributed by atoms with Crippen molar-refractivity contribution >= 4 is 55.2 Å². The Labute approximate surface area is 297 Å². The third-order valence-electron chi connectivity index (χ3n) is 11.6. The summed E-state index contributed by atoms with van der Waals surface area (Å²) < 4.78 is 0. The molecular weight excluding hydrogens is 644 g/mol. The number of rotatable bonds is 5. The van der Waals surface area contributed by atoms with Crippen LogP contribution in [-0.4, -0.2) is 14.8 Å². The summed E-state index contributed by atoms with van der Waals surface area (Å²) in [5, 5.41) is 0. The molecule has 7 rings (SSSR count). The second kappa shape index (κ2) is 15.2. The van der Waals surface area contributed by atoms with E-state index >= 15 is 0 Å². The van der Waals surface area contributed by atoms with Gasteiger partial charge in [0.15, 0.2) is 0 Å². The Hall–Kier alpha value is -2.11. The van der Waals surface area contributed by atoms with Gasteiger partial charge in [0.1, 0.15) is 0 Å². The van der Waals surface area contributed by atoms with Crippen LogP contribution in [0.5, 0.6) is 0 Å². The molecule has 1 heterocycles. The molecule has 0 radical (unpaired) electrons. The van der Waals surface area contributed by atoms with Gasteiger partial charge in [0.25, 0.3) is 6.69 Å². The minimum absolute atomic E-state index is 0.632. The Morgan fingerprint density at radius 1 is 0.617 bits per heavy atom. The molecule has 0 aromatic heterocycles. The number of allylic oxidation sites excluding steroid dienone is 3. The first-order valence-corrected chi connectivity index (χ1v) is 25.1. The molecule has 0 nitrogen and oxygen atoms in total. The van der Waals surface area contributed by atoms with Gasteiger partial charge >= 0.3 is 0 Å². The van der Waals surface area contributed by atoms with Gasteiger partial charge < -0.3 is 0 Å². The molecule has 0 bridgehead atoms. The first-order valence-electron chi connectivity index (χ1n) is 18.1. The van der Waals surface area contributed by atoms with Crippen LogP contribution in [0.1, 0.15) is 117 Å². The van der Waals surface area contributed by atoms with E-state index in [-0.39, 0.29) is 0 Å². The van der Waals surface area contributed by atoms with Gasteiger partial charge in [0, 0.05) is 0 Å². The lowest BCUT2D eigenvalue weighted by molar-refractivity contribution is 0.727. The van der Waals surface area contributed by atoms with Crippen LogP contribution in [0.15, 0.2) is 54.6 Å². The largest absolute Gasteiger partial charge is 0.251 e. The molecule has 0 N–H and O–H groups in total. The maximum Gasteiger partial charge on any atom is 0.251 e. The highest BCUT2D eigenvalue weighted by Gasteiger charge is 2.49. The summed E-state index contributed by atoms with van der Waals surface area (Å²) in [4.78, 5) is 0. The molecule has 0 amide bonds. The average molecular weight is 700 g/mol. The first-order chi connectivity index (χ1) is 22.4. The zero-order chi connectivity index (χ0) is 33.9. The van der Waals surface area contributed by atoms with Crippen molar-refractivity contribution < 1.29 is 0 Å². The number of fused-ring (bicyclic) bond motifs is 3.